The molecule has 0 aromatic heterocycles. The zero-order chi connectivity index (χ0) is 13.0. The number of nitrogens with zero attached hydrogens (tertiary/aromatic N) is 1. The Morgan fingerprint density at radius 1 is 1.53 bits per heavy atom. The molecule has 0 bridgehead atoms. The van der Waals surface area contributed by atoms with E-state index >= 15 is 0 Å². The summed E-state index contributed by atoms with van der Waals surface area (Å²) in [4.78, 5) is 13.6. The first-order valence-electron chi connectivity index (χ1n) is 5.49. The third-order valence-electron chi connectivity index (χ3n) is 2.47. The first-order valence-corrected chi connectivity index (χ1v) is 5.86. The summed E-state index contributed by atoms with van der Waals surface area (Å²) in [5.74, 6) is -0.196. The second-order valence-electron chi connectivity index (χ2n) is 4.06. The highest BCUT2D eigenvalue weighted by atomic mass is 35.5. The van der Waals surface area contributed by atoms with Crippen LogP contribution < -0.4 is 16.0 Å². The van der Waals surface area contributed by atoms with E-state index in [4.69, 9.17) is 17.3 Å². The van der Waals surface area contributed by atoms with E-state index in [1.54, 1.807) is 12.1 Å². The molecule has 4 nitrogen and oxygen atoms in total. The monoisotopic (exact) mass is 255 g/mol. The van der Waals surface area contributed by atoms with E-state index in [1.807, 2.05) is 32.0 Å². The lowest BCUT2D eigenvalue weighted by Gasteiger charge is -2.19. The van der Waals surface area contributed by atoms with Crippen molar-refractivity contribution in [1.82, 2.24) is 0 Å². The fourth-order valence-corrected chi connectivity index (χ4v) is 1.58. The SMILES string of the molecule is CC[C@H](N)C(=O)Nc1cc(Cl)ccc1N(C)C. The molecule has 1 aromatic carbocycles. The molecule has 0 aliphatic rings. The van der Waals surface area contributed by atoms with Gasteiger partial charge in [-0.05, 0) is 24.6 Å². The van der Waals surface area contributed by atoms with E-state index < -0.39 is 6.04 Å². The topological polar surface area (TPSA) is 58.4 Å². The molecule has 3 N–H and O–H groups in total. The van der Waals surface area contributed by atoms with Crippen molar-refractivity contribution in [2.75, 3.05) is 24.3 Å². The molecular formula is C12H18ClN3O. The van der Waals surface area contributed by atoms with Gasteiger partial charge >= 0.3 is 0 Å². The lowest BCUT2D eigenvalue weighted by atomic mass is 10.2. The maximum absolute atomic E-state index is 11.7. The number of benzene rings is 1. The van der Waals surface area contributed by atoms with Gasteiger partial charge in [0.1, 0.15) is 0 Å². The van der Waals surface area contributed by atoms with E-state index in [-0.39, 0.29) is 5.91 Å². The molecule has 0 unspecified atom stereocenters. The second kappa shape index (κ2) is 5.89. The Bertz CT molecular complexity index is 407. The zero-order valence-electron chi connectivity index (χ0n) is 10.3. The second-order valence-corrected chi connectivity index (χ2v) is 4.50. The van der Waals surface area contributed by atoms with E-state index in [0.717, 1.165) is 5.69 Å². The van der Waals surface area contributed by atoms with Gasteiger partial charge in [-0.2, -0.15) is 0 Å². The van der Waals surface area contributed by atoms with E-state index in [0.29, 0.717) is 17.1 Å². The number of amides is 1. The molecule has 1 rings (SSSR count). The number of nitrogens with two attached hydrogens (primary N) is 1. The number of anilines is 2. The number of carbonyl (C=O) groups is 1. The first-order chi connectivity index (χ1) is 7.95. The zero-order valence-corrected chi connectivity index (χ0v) is 11.1. The normalized spacial score (nSPS) is 12.1. The highest BCUT2D eigenvalue weighted by Gasteiger charge is 2.14. The van der Waals surface area contributed by atoms with Crippen LogP contribution in [0.5, 0.6) is 0 Å². The minimum absolute atomic E-state index is 0.196. The third kappa shape index (κ3) is 3.61. The van der Waals surface area contributed by atoms with Crippen LogP contribution in [0.2, 0.25) is 5.02 Å². The largest absolute Gasteiger partial charge is 0.376 e. The minimum atomic E-state index is -0.496. The van der Waals surface area contributed by atoms with Gasteiger partial charge < -0.3 is 16.0 Å². The van der Waals surface area contributed by atoms with Crippen LogP contribution in [0.1, 0.15) is 13.3 Å². The summed E-state index contributed by atoms with van der Waals surface area (Å²) in [5.41, 5.74) is 7.24. The molecule has 94 valence electrons. The van der Waals surface area contributed by atoms with Crippen molar-refractivity contribution < 1.29 is 4.79 Å². The van der Waals surface area contributed by atoms with Crippen molar-refractivity contribution in [3.8, 4) is 0 Å². The van der Waals surface area contributed by atoms with Gasteiger partial charge in [-0.1, -0.05) is 18.5 Å². The van der Waals surface area contributed by atoms with Gasteiger partial charge in [0.25, 0.3) is 0 Å². The predicted octanol–water partition coefficient (Wildman–Crippen LogP) is 2.08. The minimum Gasteiger partial charge on any atom is -0.376 e. The number of hydrogen-bond donors (Lipinski definition) is 2. The lowest BCUT2D eigenvalue weighted by Crippen LogP contribution is -2.35. The lowest BCUT2D eigenvalue weighted by molar-refractivity contribution is -0.117. The van der Waals surface area contributed by atoms with Crippen LogP contribution in [-0.2, 0) is 4.79 Å². The Morgan fingerprint density at radius 3 is 2.71 bits per heavy atom. The number of carbonyl (C=O) groups excluding carboxylic acids is 1. The summed E-state index contributed by atoms with van der Waals surface area (Å²) in [7, 11) is 3.80. The quantitative estimate of drug-likeness (QED) is 0.866. The number of halogens is 1. The standard InChI is InChI=1S/C12H18ClN3O/c1-4-9(14)12(17)15-10-7-8(13)5-6-11(10)16(2)3/h5-7,9H,4,14H2,1-3H3,(H,15,17)/t9-/m0/s1. The first kappa shape index (κ1) is 13.8. The van der Waals surface area contributed by atoms with Crippen molar-refractivity contribution in [2.45, 2.75) is 19.4 Å². The molecule has 0 saturated heterocycles. The van der Waals surface area contributed by atoms with Crippen LogP contribution in [0.15, 0.2) is 18.2 Å². The molecular weight excluding hydrogens is 238 g/mol. The van der Waals surface area contributed by atoms with E-state index in [1.165, 1.54) is 0 Å². The molecule has 17 heavy (non-hydrogen) atoms. The van der Waals surface area contributed by atoms with Gasteiger partial charge in [0.05, 0.1) is 17.4 Å². The van der Waals surface area contributed by atoms with Crippen LogP contribution in [0, 0.1) is 0 Å². The van der Waals surface area contributed by atoms with Gasteiger partial charge in [-0.25, -0.2) is 0 Å². The number of rotatable bonds is 4. The Balaban J connectivity index is 2.96. The Kier molecular flexibility index (Phi) is 4.78. The van der Waals surface area contributed by atoms with Gasteiger partial charge in [0.2, 0.25) is 5.91 Å². The molecule has 0 aliphatic carbocycles. The maximum Gasteiger partial charge on any atom is 0.241 e. The van der Waals surface area contributed by atoms with Crippen molar-refractivity contribution in [3.05, 3.63) is 23.2 Å². The third-order valence-corrected chi connectivity index (χ3v) is 2.71. The van der Waals surface area contributed by atoms with Crippen molar-refractivity contribution in [3.63, 3.8) is 0 Å². The molecule has 0 radical (unpaired) electrons. The fraction of sp³-hybridized carbons (Fsp3) is 0.417. The Labute approximate surface area is 107 Å². The van der Waals surface area contributed by atoms with Crippen molar-refractivity contribution in [1.29, 1.82) is 0 Å². The molecule has 0 saturated carbocycles. The van der Waals surface area contributed by atoms with E-state index in [9.17, 15) is 4.79 Å². The molecule has 0 fully saturated rings. The molecule has 1 atom stereocenters. The summed E-state index contributed by atoms with van der Waals surface area (Å²) in [6.07, 6.45) is 0.601. The van der Waals surface area contributed by atoms with Crippen LogP contribution in [0.25, 0.3) is 0 Å². The van der Waals surface area contributed by atoms with Crippen LogP contribution >= 0.6 is 11.6 Å². The van der Waals surface area contributed by atoms with Crippen molar-refractivity contribution >= 4 is 28.9 Å². The van der Waals surface area contributed by atoms with Crippen LogP contribution in [-0.4, -0.2) is 26.0 Å². The molecule has 5 heteroatoms. The Morgan fingerprint density at radius 2 is 2.18 bits per heavy atom. The van der Waals surface area contributed by atoms with Crippen LogP contribution in [0.4, 0.5) is 11.4 Å². The molecule has 0 spiro atoms. The maximum atomic E-state index is 11.7. The predicted molar refractivity (Wildman–Crippen MR) is 72.7 cm³/mol. The number of nitrogens with one attached hydrogen (secondary N) is 1. The average molecular weight is 256 g/mol. The van der Waals surface area contributed by atoms with Gasteiger partial charge in [0.15, 0.2) is 0 Å². The number of hydrogen-bond acceptors (Lipinski definition) is 3. The van der Waals surface area contributed by atoms with Gasteiger partial charge in [-0.15, -0.1) is 0 Å². The molecule has 0 heterocycles. The summed E-state index contributed by atoms with van der Waals surface area (Å²) in [6.45, 7) is 1.87. The summed E-state index contributed by atoms with van der Waals surface area (Å²) < 4.78 is 0. The highest BCUT2D eigenvalue weighted by Crippen LogP contribution is 2.27. The van der Waals surface area contributed by atoms with E-state index in [2.05, 4.69) is 5.32 Å². The summed E-state index contributed by atoms with van der Waals surface area (Å²) in [5, 5.41) is 3.37. The Hall–Kier alpha value is -1.26. The van der Waals surface area contributed by atoms with Crippen LogP contribution in [0.3, 0.4) is 0 Å². The molecule has 0 aliphatic heterocycles. The van der Waals surface area contributed by atoms with Crippen molar-refractivity contribution in [2.24, 2.45) is 5.73 Å². The summed E-state index contributed by atoms with van der Waals surface area (Å²) >= 11 is 5.92. The molecule has 1 amide bonds. The smallest absolute Gasteiger partial charge is 0.241 e. The molecule has 1 aromatic rings. The average Bonchev–Trinajstić information content (AvgIpc) is 2.27. The summed E-state index contributed by atoms with van der Waals surface area (Å²) in [6, 6.07) is 4.86. The highest BCUT2D eigenvalue weighted by molar-refractivity contribution is 6.31. The van der Waals surface area contributed by atoms with Gasteiger partial charge in [-0.3, -0.25) is 4.79 Å². The fourth-order valence-electron chi connectivity index (χ4n) is 1.41. The van der Waals surface area contributed by atoms with Gasteiger partial charge in [0, 0.05) is 19.1 Å².